The topological polar surface area (TPSA) is 169 Å². The Labute approximate surface area is 355 Å². The van der Waals surface area contributed by atoms with Crippen molar-refractivity contribution in [1.29, 1.82) is 0 Å². The summed E-state index contributed by atoms with van der Waals surface area (Å²) < 4.78 is 11.1. The molecule has 1 aliphatic rings. The summed E-state index contributed by atoms with van der Waals surface area (Å²) in [7, 11) is 0. The lowest BCUT2D eigenvalue weighted by molar-refractivity contribution is -0.302. The lowest BCUT2D eigenvalue weighted by Crippen LogP contribution is -2.60. The third-order valence-corrected chi connectivity index (χ3v) is 12.0. The lowest BCUT2D eigenvalue weighted by Gasteiger charge is -2.40. The van der Waals surface area contributed by atoms with Gasteiger partial charge in [0.2, 0.25) is 5.91 Å². The van der Waals surface area contributed by atoms with Crippen molar-refractivity contribution in [2.45, 2.75) is 275 Å². The summed E-state index contributed by atoms with van der Waals surface area (Å²) in [6.07, 6.45) is 34.4. The number of hydrogen-bond donors (Lipinski definition) is 7. The molecular formula is C48H93NO9. The van der Waals surface area contributed by atoms with Gasteiger partial charge >= 0.3 is 0 Å². The number of allylic oxidation sites excluding steroid dienone is 1. The monoisotopic (exact) mass is 828 g/mol. The van der Waals surface area contributed by atoms with Crippen LogP contribution in [0.4, 0.5) is 0 Å². The second-order valence-electron chi connectivity index (χ2n) is 17.4. The standard InChI is InChI=1S/C48H93NO9/c1-3-5-7-9-11-13-15-17-18-19-20-21-22-23-25-27-29-31-33-35-37-42(52)47(56)49-40(39-57-48-46(55)45(54)44(53)43(38-50)58-48)41(51)36-34-32-30-28-26-24-16-14-12-10-8-6-4-2/h34,36,40-46,48,50-55H,3-33,35,37-39H2,1-2H3,(H,49,56)/b36-34+/t40-,41+,42?,43+,44-,45-,46+,48?/m0/s1. The lowest BCUT2D eigenvalue weighted by atomic mass is 9.99. The molecule has 0 bridgehead atoms. The van der Waals surface area contributed by atoms with Gasteiger partial charge in [-0.3, -0.25) is 4.79 Å². The van der Waals surface area contributed by atoms with Gasteiger partial charge < -0.3 is 45.4 Å². The number of unbranched alkanes of at least 4 members (excludes halogenated alkanes) is 30. The molecular weight excluding hydrogens is 735 g/mol. The van der Waals surface area contributed by atoms with Crippen LogP contribution in [0.5, 0.6) is 0 Å². The number of nitrogens with one attached hydrogen (secondary N) is 1. The average Bonchev–Trinajstić information content (AvgIpc) is 3.22. The van der Waals surface area contributed by atoms with E-state index in [0.717, 1.165) is 44.9 Å². The molecule has 1 heterocycles. The number of carbonyl (C=O) groups excluding carboxylic acids is 1. The predicted molar refractivity (Wildman–Crippen MR) is 237 cm³/mol. The zero-order chi connectivity index (χ0) is 42.5. The van der Waals surface area contributed by atoms with Gasteiger partial charge in [-0.25, -0.2) is 0 Å². The molecule has 0 spiro atoms. The molecule has 1 fully saturated rings. The second kappa shape index (κ2) is 38.8. The first-order chi connectivity index (χ1) is 28.3. The predicted octanol–water partition coefficient (Wildman–Crippen LogP) is 9.48. The first kappa shape index (κ1) is 54.9. The molecule has 1 rings (SSSR count). The van der Waals surface area contributed by atoms with E-state index in [0.29, 0.717) is 6.42 Å². The van der Waals surface area contributed by atoms with Crippen molar-refractivity contribution >= 4 is 5.91 Å². The second-order valence-corrected chi connectivity index (χ2v) is 17.4. The zero-order valence-corrected chi connectivity index (χ0v) is 37.4. The van der Waals surface area contributed by atoms with E-state index in [1.807, 2.05) is 6.08 Å². The van der Waals surface area contributed by atoms with Crippen LogP contribution in [0.25, 0.3) is 0 Å². The van der Waals surface area contributed by atoms with Crippen molar-refractivity contribution < 1.29 is 44.9 Å². The molecule has 2 unspecified atom stereocenters. The Morgan fingerprint density at radius 2 is 0.983 bits per heavy atom. The Morgan fingerprint density at radius 3 is 1.40 bits per heavy atom. The Morgan fingerprint density at radius 1 is 0.586 bits per heavy atom. The van der Waals surface area contributed by atoms with E-state index in [1.165, 1.54) is 161 Å². The number of amides is 1. The fourth-order valence-corrected chi connectivity index (χ4v) is 7.93. The third kappa shape index (κ3) is 28.4. The maximum atomic E-state index is 13.0. The Balaban J connectivity index is 2.34. The number of carbonyl (C=O) groups is 1. The minimum absolute atomic E-state index is 0.301. The van der Waals surface area contributed by atoms with Crippen molar-refractivity contribution in [3.63, 3.8) is 0 Å². The maximum Gasteiger partial charge on any atom is 0.249 e. The fraction of sp³-hybridized carbons (Fsp3) is 0.938. The van der Waals surface area contributed by atoms with E-state index >= 15 is 0 Å². The van der Waals surface area contributed by atoms with Crippen LogP contribution in [-0.4, -0.2) is 98.7 Å². The van der Waals surface area contributed by atoms with Crippen LogP contribution in [0.2, 0.25) is 0 Å². The number of aliphatic hydroxyl groups excluding tert-OH is 6. The van der Waals surface area contributed by atoms with E-state index in [9.17, 15) is 35.4 Å². The molecule has 0 aromatic heterocycles. The van der Waals surface area contributed by atoms with Crippen molar-refractivity contribution in [2.75, 3.05) is 13.2 Å². The zero-order valence-electron chi connectivity index (χ0n) is 37.4. The number of ether oxygens (including phenoxy) is 2. The van der Waals surface area contributed by atoms with Gasteiger partial charge in [0.25, 0.3) is 0 Å². The van der Waals surface area contributed by atoms with Crippen LogP contribution >= 0.6 is 0 Å². The minimum atomic E-state index is -1.61. The number of rotatable bonds is 41. The molecule has 1 saturated heterocycles. The summed E-state index contributed by atoms with van der Waals surface area (Å²) in [5.74, 6) is -0.613. The summed E-state index contributed by atoms with van der Waals surface area (Å²) in [5.41, 5.74) is 0. The normalized spacial score (nSPS) is 21.4. The molecule has 10 heteroatoms. The fourth-order valence-electron chi connectivity index (χ4n) is 7.93. The van der Waals surface area contributed by atoms with Gasteiger partial charge in [0.15, 0.2) is 6.29 Å². The third-order valence-electron chi connectivity index (χ3n) is 12.0. The van der Waals surface area contributed by atoms with Crippen LogP contribution in [0.3, 0.4) is 0 Å². The van der Waals surface area contributed by atoms with Crippen molar-refractivity contribution in [3.8, 4) is 0 Å². The average molecular weight is 828 g/mol. The van der Waals surface area contributed by atoms with Crippen LogP contribution in [-0.2, 0) is 14.3 Å². The van der Waals surface area contributed by atoms with Crippen molar-refractivity contribution in [2.24, 2.45) is 0 Å². The quantitative estimate of drug-likeness (QED) is 0.0235. The van der Waals surface area contributed by atoms with E-state index < -0.39 is 61.5 Å². The molecule has 7 N–H and O–H groups in total. The van der Waals surface area contributed by atoms with Crippen LogP contribution in [0.1, 0.15) is 226 Å². The number of aliphatic hydroxyl groups is 6. The highest BCUT2D eigenvalue weighted by atomic mass is 16.7. The Kier molecular flexibility index (Phi) is 36.7. The van der Waals surface area contributed by atoms with Gasteiger partial charge in [-0.2, -0.15) is 0 Å². The van der Waals surface area contributed by atoms with Crippen LogP contribution < -0.4 is 5.32 Å². The molecule has 8 atom stereocenters. The van der Waals surface area contributed by atoms with E-state index in [2.05, 4.69) is 19.2 Å². The van der Waals surface area contributed by atoms with Gasteiger partial charge in [0.1, 0.15) is 30.5 Å². The van der Waals surface area contributed by atoms with E-state index in [-0.39, 0.29) is 6.61 Å². The molecule has 0 aromatic carbocycles. The van der Waals surface area contributed by atoms with E-state index in [1.54, 1.807) is 6.08 Å². The van der Waals surface area contributed by atoms with Gasteiger partial charge in [0, 0.05) is 0 Å². The van der Waals surface area contributed by atoms with Gasteiger partial charge in [-0.1, -0.05) is 219 Å². The maximum absolute atomic E-state index is 13.0. The smallest absolute Gasteiger partial charge is 0.249 e. The Bertz CT molecular complexity index is 937. The highest BCUT2D eigenvalue weighted by Gasteiger charge is 2.44. The number of hydrogen-bond acceptors (Lipinski definition) is 9. The molecule has 0 saturated carbocycles. The van der Waals surface area contributed by atoms with Crippen LogP contribution in [0, 0.1) is 0 Å². The first-order valence-corrected chi connectivity index (χ1v) is 24.5. The van der Waals surface area contributed by atoms with Crippen LogP contribution in [0.15, 0.2) is 12.2 Å². The van der Waals surface area contributed by atoms with Crippen molar-refractivity contribution in [3.05, 3.63) is 12.2 Å². The molecule has 0 aliphatic carbocycles. The van der Waals surface area contributed by atoms with Gasteiger partial charge in [-0.15, -0.1) is 0 Å². The van der Waals surface area contributed by atoms with E-state index in [4.69, 9.17) is 9.47 Å². The van der Waals surface area contributed by atoms with Crippen molar-refractivity contribution in [1.82, 2.24) is 5.32 Å². The molecule has 58 heavy (non-hydrogen) atoms. The molecule has 10 nitrogen and oxygen atoms in total. The summed E-state index contributed by atoms with van der Waals surface area (Å²) in [5, 5.41) is 64.7. The molecule has 1 amide bonds. The summed E-state index contributed by atoms with van der Waals surface area (Å²) in [6, 6.07) is -0.974. The summed E-state index contributed by atoms with van der Waals surface area (Å²) >= 11 is 0. The SMILES string of the molecule is CCCCCCCCCCCCC/C=C/[C@@H](O)[C@H](COC1O[C@H](CO)[C@H](O)[C@H](O)[C@H]1O)NC(=O)C(O)CCCCCCCCCCCCCCCCCCCCCC. The largest absolute Gasteiger partial charge is 0.394 e. The molecule has 0 aromatic rings. The summed E-state index contributed by atoms with van der Waals surface area (Å²) in [6.45, 7) is 3.62. The molecule has 344 valence electrons. The van der Waals surface area contributed by atoms with Gasteiger partial charge in [-0.05, 0) is 19.3 Å². The highest BCUT2D eigenvalue weighted by Crippen LogP contribution is 2.23. The molecule has 1 aliphatic heterocycles. The summed E-state index contributed by atoms with van der Waals surface area (Å²) in [4.78, 5) is 13.0. The first-order valence-electron chi connectivity index (χ1n) is 24.5. The Hall–Kier alpha value is -1.11. The van der Waals surface area contributed by atoms with Gasteiger partial charge in [0.05, 0.1) is 25.4 Å². The minimum Gasteiger partial charge on any atom is -0.394 e. The highest BCUT2D eigenvalue weighted by molar-refractivity contribution is 5.80. The molecule has 0 radical (unpaired) electrons.